The van der Waals surface area contributed by atoms with Crippen LogP contribution in [0, 0.1) is 10.1 Å². The number of phenolic OH excluding ortho intramolecular Hbond substituents is 1. The third-order valence-electron chi connectivity index (χ3n) is 4.88. The first kappa shape index (κ1) is 21.0. The van der Waals surface area contributed by atoms with Gasteiger partial charge in [-0.2, -0.15) is 20.1 Å². The minimum Gasteiger partial charge on any atom is -0.507 e. The lowest BCUT2D eigenvalue weighted by Gasteiger charge is -2.26. The molecule has 1 fully saturated rings. The molecule has 164 valence electrons. The van der Waals surface area contributed by atoms with Gasteiger partial charge in [-0.15, -0.1) is 0 Å². The number of phenols is 1. The van der Waals surface area contributed by atoms with Gasteiger partial charge in [-0.25, -0.2) is 5.43 Å². The number of hydrazone groups is 1. The van der Waals surface area contributed by atoms with E-state index in [1.165, 1.54) is 30.8 Å². The van der Waals surface area contributed by atoms with Crippen LogP contribution in [-0.2, 0) is 0 Å². The molecule has 2 heterocycles. The maximum atomic E-state index is 11.0. The number of nitro groups is 1. The van der Waals surface area contributed by atoms with Gasteiger partial charge in [0.2, 0.25) is 17.8 Å². The van der Waals surface area contributed by atoms with Gasteiger partial charge in [0.25, 0.3) is 5.69 Å². The second kappa shape index (κ2) is 9.69. The van der Waals surface area contributed by atoms with E-state index in [4.69, 9.17) is 0 Å². The molecule has 11 heteroatoms. The first-order valence-corrected chi connectivity index (χ1v) is 10.2. The average molecular weight is 434 g/mol. The minimum atomic E-state index is -0.539. The van der Waals surface area contributed by atoms with E-state index in [2.05, 4.69) is 35.7 Å². The molecule has 0 atom stereocenters. The minimum absolute atomic E-state index is 0.128. The number of hydrogen-bond acceptors (Lipinski definition) is 10. The van der Waals surface area contributed by atoms with Crippen molar-refractivity contribution in [3.63, 3.8) is 0 Å². The van der Waals surface area contributed by atoms with Crippen molar-refractivity contribution in [2.75, 3.05) is 28.7 Å². The molecule has 0 amide bonds. The fourth-order valence-corrected chi connectivity index (χ4v) is 3.28. The highest BCUT2D eigenvalue weighted by Gasteiger charge is 2.16. The first-order chi connectivity index (χ1) is 15.6. The van der Waals surface area contributed by atoms with Crippen molar-refractivity contribution in [3.05, 3.63) is 64.2 Å². The molecule has 0 bridgehead atoms. The summed E-state index contributed by atoms with van der Waals surface area (Å²) < 4.78 is 0. The topological polar surface area (TPSA) is 142 Å². The lowest BCUT2D eigenvalue weighted by molar-refractivity contribution is -0.384. The number of aromatic hydroxyl groups is 1. The lowest BCUT2D eigenvalue weighted by atomic mass is 10.1. The molecule has 0 radical (unpaired) electrons. The highest BCUT2D eigenvalue weighted by atomic mass is 16.6. The maximum Gasteiger partial charge on any atom is 0.270 e. The van der Waals surface area contributed by atoms with Gasteiger partial charge in [0.1, 0.15) is 5.75 Å². The molecular weight excluding hydrogens is 412 g/mol. The summed E-state index contributed by atoms with van der Waals surface area (Å²) in [4.78, 5) is 25.9. The molecule has 3 aromatic rings. The van der Waals surface area contributed by atoms with Crippen molar-refractivity contribution in [1.82, 2.24) is 15.0 Å². The Morgan fingerprint density at radius 2 is 1.78 bits per heavy atom. The monoisotopic (exact) mass is 434 g/mol. The molecule has 4 rings (SSSR count). The molecule has 0 aliphatic carbocycles. The van der Waals surface area contributed by atoms with Gasteiger partial charge in [0.15, 0.2) is 0 Å². The summed E-state index contributed by atoms with van der Waals surface area (Å²) in [7, 11) is 0. The molecule has 3 N–H and O–H groups in total. The first-order valence-electron chi connectivity index (χ1n) is 10.2. The number of aromatic nitrogens is 3. The van der Waals surface area contributed by atoms with Crippen LogP contribution in [0.2, 0.25) is 0 Å². The zero-order chi connectivity index (χ0) is 22.3. The van der Waals surface area contributed by atoms with E-state index in [-0.39, 0.29) is 22.9 Å². The van der Waals surface area contributed by atoms with Crippen molar-refractivity contribution in [2.45, 2.75) is 19.3 Å². The average Bonchev–Trinajstić information content (AvgIpc) is 2.81. The van der Waals surface area contributed by atoms with E-state index < -0.39 is 4.92 Å². The molecule has 1 aromatic heterocycles. The fourth-order valence-electron chi connectivity index (χ4n) is 3.28. The second-order valence-electron chi connectivity index (χ2n) is 7.19. The van der Waals surface area contributed by atoms with E-state index >= 15 is 0 Å². The summed E-state index contributed by atoms with van der Waals surface area (Å²) >= 11 is 0. The van der Waals surface area contributed by atoms with Crippen LogP contribution in [0.25, 0.3) is 0 Å². The van der Waals surface area contributed by atoms with Gasteiger partial charge in [0.05, 0.1) is 11.1 Å². The van der Waals surface area contributed by atoms with Gasteiger partial charge in [-0.05, 0) is 37.5 Å². The van der Waals surface area contributed by atoms with E-state index in [0.717, 1.165) is 31.6 Å². The maximum absolute atomic E-state index is 11.0. The van der Waals surface area contributed by atoms with E-state index in [0.29, 0.717) is 11.9 Å². The van der Waals surface area contributed by atoms with Gasteiger partial charge < -0.3 is 15.3 Å². The normalized spacial score (nSPS) is 13.8. The molecule has 11 nitrogen and oxygen atoms in total. The number of benzene rings is 2. The highest BCUT2D eigenvalue weighted by molar-refractivity contribution is 5.84. The van der Waals surface area contributed by atoms with Gasteiger partial charge in [-0.3, -0.25) is 10.1 Å². The zero-order valence-electron chi connectivity index (χ0n) is 17.2. The summed E-state index contributed by atoms with van der Waals surface area (Å²) in [5.74, 6) is 0.981. The van der Waals surface area contributed by atoms with Gasteiger partial charge >= 0.3 is 0 Å². The number of nitrogens with one attached hydrogen (secondary N) is 2. The quantitative estimate of drug-likeness (QED) is 0.288. The molecule has 1 saturated heterocycles. The van der Waals surface area contributed by atoms with Gasteiger partial charge in [0, 0.05) is 36.5 Å². The smallest absolute Gasteiger partial charge is 0.270 e. The SMILES string of the molecule is O=[N+]([O-])c1ccc(O)c(C=NNc2nc(Nc3ccccc3)nc(N3CCCCC3)n2)c1. The Labute approximate surface area is 184 Å². The van der Waals surface area contributed by atoms with Crippen molar-refractivity contribution in [2.24, 2.45) is 5.10 Å². The number of para-hydroxylation sites is 1. The number of nitro benzene ring substituents is 1. The molecule has 1 aliphatic heterocycles. The van der Waals surface area contributed by atoms with E-state index in [9.17, 15) is 15.2 Å². The van der Waals surface area contributed by atoms with Crippen molar-refractivity contribution >= 4 is 35.4 Å². The molecular formula is C21H22N8O3. The predicted octanol–water partition coefficient (Wildman–Crippen LogP) is 3.67. The summed E-state index contributed by atoms with van der Waals surface area (Å²) in [5.41, 5.74) is 3.61. The molecule has 2 aromatic carbocycles. The largest absolute Gasteiger partial charge is 0.507 e. The molecule has 0 unspecified atom stereocenters. The van der Waals surface area contributed by atoms with Crippen LogP contribution < -0.4 is 15.6 Å². The van der Waals surface area contributed by atoms with Crippen molar-refractivity contribution in [3.8, 4) is 5.75 Å². The summed E-state index contributed by atoms with van der Waals surface area (Å²) in [6.07, 6.45) is 4.59. The molecule has 0 spiro atoms. The lowest BCUT2D eigenvalue weighted by Crippen LogP contribution is -2.31. The van der Waals surface area contributed by atoms with E-state index in [1.807, 2.05) is 30.3 Å². The Balaban J connectivity index is 1.58. The van der Waals surface area contributed by atoms with Crippen LogP contribution in [0.4, 0.5) is 29.2 Å². The van der Waals surface area contributed by atoms with Crippen molar-refractivity contribution < 1.29 is 10.0 Å². The van der Waals surface area contributed by atoms with Crippen LogP contribution in [0.15, 0.2) is 53.6 Å². The number of hydrogen-bond donors (Lipinski definition) is 3. The summed E-state index contributed by atoms with van der Waals surface area (Å²) in [6.45, 7) is 1.72. The number of piperidine rings is 1. The second-order valence-corrected chi connectivity index (χ2v) is 7.19. The van der Waals surface area contributed by atoms with Crippen LogP contribution in [0.1, 0.15) is 24.8 Å². The van der Waals surface area contributed by atoms with Crippen LogP contribution in [0.5, 0.6) is 5.75 Å². The Hall–Kier alpha value is -4.28. The summed E-state index contributed by atoms with van der Waals surface area (Å²) in [6, 6.07) is 13.2. The standard InChI is InChI=1S/C21H22N8O3/c30-18-10-9-17(29(31)32)13-15(18)14-22-27-20-24-19(23-16-7-3-1-4-8-16)25-21(26-20)28-11-5-2-6-12-28/h1,3-4,7-10,13-14,30H,2,5-6,11-12H2,(H2,23,24,25,26,27). The Morgan fingerprint density at radius 1 is 1.03 bits per heavy atom. The summed E-state index contributed by atoms with van der Waals surface area (Å²) in [5, 5.41) is 28.1. The third-order valence-corrected chi connectivity index (χ3v) is 4.88. The Morgan fingerprint density at radius 3 is 2.53 bits per heavy atom. The molecule has 0 saturated carbocycles. The molecule has 32 heavy (non-hydrogen) atoms. The number of non-ortho nitro benzene ring substituents is 1. The highest BCUT2D eigenvalue weighted by Crippen LogP contribution is 2.22. The number of anilines is 4. The number of nitrogens with zero attached hydrogens (tertiary/aromatic N) is 6. The van der Waals surface area contributed by atoms with Gasteiger partial charge in [-0.1, -0.05) is 18.2 Å². The number of rotatable bonds is 7. The van der Waals surface area contributed by atoms with Crippen LogP contribution in [0.3, 0.4) is 0 Å². The Kier molecular flexibility index (Phi) is 6.35. The zero-order valence-corrected chi connectivity index (χ0v) is 17.2. The molecule has 1 aliphatic rings. The Bertz CT molecular complexity index is 1120. The van der Waals surface area contributed by atoms with Crippen LogP contribution in [-0.4, -0.2) is 44.3 Å². The van der Waals surface area contributed by atoms with E-state index in [1.54, 1.807) is 0 Å². The van der Waals surface area contributed by atoms with Crippen LogP contribution >= 0.6 is 0 Å². The predicted molar refractivity (Wildman–Crippen MR) is 122 cm³/mol. The fraction of sp³-hybridized carbons (Fsp3) is 0.238. The third kappa shape index (κ3) is 5.25. The van der Waals surface area contributed by atoms with Crippen molar-refractivity contribution in [1.29, 1.82) is 0 Å².